The topological polar surface area (TPSA) is 118 Å². The lowest BCUT2D eigenvalue weighted by molar-refractivity contribution is 0.0684. The first-order chi connectivity index (χ1) is 14.6. The fraction of sp³-hybridized carbons (Fsp3) is 0.435. The molecule has 168 valence electrons. The number of nitrogens with two attached hydrogens (primary N) is 2. The van der Waals surface area contributed by atoms with Crippen molar-refractivity contribution >= 4 is 28.5 Å². The number of allylic oxidation sites excluding steroid dienone is 1. The van der Waals surface area contributed by atoms with Gasteiger partial charge in [-0.25, -0.2) is 0 Å². The molecule has 1 fully saturated rings. The summed E-state index contributed by atoms with van der Waals surface area (Å²) in [5.41, 5.74) is 13.8. The van der Waals surface area contributed by atoms with Crippen molar-refractivity contribution in [1.82, 2.24) is 0 Å². The van der Waals surface area contributed by atoms with Crippen LogP contribution in [0, 0.1) is 11.3 Å². The summed E-state index contributed by atoms with van der Waals surface area (Å²) >= 11 is -1.62. The van der Waals surface area contributed by atoms with Gasteiger partial charge in [0.05, 0.1) is 22.6 Å². The summed E-state index contributed by atoms with van der Waals surface area (Å²) in [4.78, 5) is 13.9. The van der Waals surface area contributed by atoms with Gasteiger partial charge in [0, 0.05) is 43.0 Å². The van der Waals surface area contributed by atoms with Gasteiger partial charge in [-0.15, -0.1) is 0 Å². The van der Waals surface area contributed by atoms with Gasteiger partial charge in [0.2, 0.25) is 0 Å². The number of nitrogen functional groups attached to an aromatic ring is 1. The highest BCUT2D eigenvalue weighted by atomic mass is 32.2. The average molecular weight is 446 g/mol. The van der Waals surface area contributed by atoms with Gasteiger partial charge in [0.15, 0.2) is 10.7 Å². The molecule has 7 nitrogen and oxygen atoms in total. The standard InChI is InChI=1S/C23H31N3O4S/c1-15(23(2,3)4)26(14-16-9-11-29-12-10-16)19-6-5-17(13-18(19)24)31(28)21-8-7-20(30-21)22(25)27/h5-8,13,16H,1,9-12,14,24H2,2-4H3,(H2,25,27). The Morgan fingerprint density at radius 3 is 2.48 bits per heavy atom. The van der Waals surface area contributed by atoms with E-state index in [-0.39, 0.29) is 16.3 Å². The van der Waals surface area contributed by atoms with Crippen LogP contribution in [-0.4, -0.2) is 30.2 Å². The van der Waals surface area contributed by atoms with Gasteiger partial charge in [0.1, 0.15) is 0 Å². The molecule has 0 bridgehead atoms. The Balaban J connectivity index is 1.88. The molecule has 1 aliphatic heterocycles. The van der Waals surface area contributed by atoms with Crippen LogP contribution in [0.15, 0.2) is 57.0 Å². The van der Waals surface area contributed by atoms with E-state index in [9.17, 15) is 9.35 Å². The van der Waals surface area contributed by atoms with Crippen molar-refractivity contribution < 1.29 is 18.5 Å². The number of amides is 1. The number of anilines is 2. The Morgan fingerprint density at radius 1 is 1.26 bits per heavy atom. The third-order valence-electron chi connectivity index (χ3n) is 5.48. The van der Waals surface area contributed by atoms with E-state index in [4.69, 9.17) is 20.6 Å². The predicted octanol–water partition coefficient (Wildman–Crippen LogP) is 3.92. The molecule has 1 amide bonds. The largest absolute Gasteiger partial charge is 0.604 e. The maximum atomic E-state index is 12.9. The lowest BCUT2D eigenvalue weighted by Gasteiger charge is -2.38. The van der Waals surface area contributed by atoms with E-state index in [1.807, 2.05) is 6.07 Å². The minimum Gasteiger partial charge on any atom is -0.604 e. The summed E-state index contributed by atoms with van der Waals surface area (Å²) < 4.78 is 23.7. The molecule has 3 rings (SSSR count). The van der Waals surface area contributed by atoms with Gasteiger partial charge in [-0.3, -0.25) is 4.79 Å². The smallest absolute Gasteiger partial charge is 0.317 e. The fourth-order valence-corrected chi connectivity index (χ4v) is 4.52. The number of hydrogen-bond acceptors (Lipinski definition) is 6. The molecule has 2 aromatic rings. The molecule has 2 heterocycles. The highest BCUT2D eigenvalue weighted by Crippen LogP contribution is 2.37. The Hall–Kier alpha value is -2.42. The lowest BCUT2D eigenvalue weighted by Crippen LogP contribution is -2.36. The van der Waals surface area contributed by atoms with Crippen molar-refractivity contribution in [2.75, 3.05) is 30.4 Å². The second-order valence-electron chi connectivity index (χ2n) is 8.84. The van der Waals surface area contributed by atoms with Crippen LogP contribution < -0.4 is 16.4 Å². The van der Waals surface area contributed by atoms with Crippen LogP contribution in [0.4, 0.5) is 11.4 Å². The number of hydrogen-bond donors (Lipinski definition) is 2. The summed E-state index contributed by atoms with van der Waals surface area (Å²) in [5.74, 6) is -0.254. The first-order valence-electron chi connectivity index (χ1n) is 10.3. The van der Waals surface area contributed by atoms with Gasteiger partial charge < -0.3 is 30.1 Å². The predicted molar refractivity (Wildman–Crippen MR) is 122 cm³/mol. The Bertz CT molecular complexity index is 945. The molecule has 31 heavy (non-hydrogen) atoms. The summed E-state index contributed by atoms with van der Waals surface area (Å²) in [7, 11) is 0. The van der Waals surface area contributed by atoms with E-state index < -0.39 is 17.1 Å². The highest BCUT2D eigenvalue weighted by Gasteiger charge is 2.28. The molecule has 1 aromatic heterocycles. The Kier molecular flexibility index (Phi) is 7.03. The minimum absolute atomic E-state index is 0.0305. The molecule has 4 N–H and O–H groups in total. The molecule has 0 spiro atoms. The van der Waals surface area contributed by atoms with Gasteiger partial charge in [0.25, 0.3) is 5.91 Å². The zero-order valence-electron chi connectivity index (χ0n) is 18.3. The van der Waals surface area contributed by atoms with Crippen LogP contribution in [0.1, 0.15) is 44.2 Å². The number of primary amides is 1. The summed E-state index contributed by atoms with van der Waals surface area (Å²) in [6.45, 7) is 13.1. The molecule has 0 saturated carbocycles. The molecule has 8 heteroatoms. The summed E-state index contributed by atoms with van der Waals surface area (Å²) in [5, 5.41) is 0.152. The fourth-order valence-electron chi connectivity index (χ4n) is 3.51. The van der Waals surface area contributed by atoms with Crippen LogP contribution in [0.5, 0.6) is 0 Å². The van der Waals surface area contributed by atoms with E-state index in [2.05, 4.69) is 32.3 Å². The van der Waals surface area contributed by atoms with Gasteiger partial charge in [-0.1, -0.05) is 27.4 Å². The van der Waals surface area contributed by atoms with Crippen molar-refractivity contribution in [3.05, 3.63) is 48.4 Å². The lowest BCUT2D eigenvalue weighted by atomic mass is 9.90. The SMILES string of the molecule is C=C(N(CC1CCOCC1)c1ccc([S+]([O-])c2ccc(C(N)=O)o2)cc1N)C(C)(C)C. The second kappa shape index (κ2) is 9.38. The van der Waals surface area contributed by atoms with Gasteiger partial charge in [-0.05, 0) is 37.0 Å². The summed E-state index contributed by atoms with van der Waals surface area (Å²) in [6, 6.07) is 8.22. The number of nitrogens with zero attached hydrogens (tertiary/aromatic N) is 1. The van der Waals surface area contributed by atoms with Crippen LogP contribution >= 0.6 is 0 Å². The summed E-state index contributed by atoms with van der Waals surface area (Å²) in [6.07, 6.45) is 1.99. The van der Waals surface area contributed by atoms with Crippen LogP contribution in [0.25, 0.3) is 0 Å². The van der Waals surface area contributed by atoms with Crippen LogP contribution in [-0.2, 0) is 15.9 Å². The first-order valence-corrected chi connectivity index (χ1v) is 11.5. The maximum Gasteiger partial charge on any atom is 0.317 e. The number of ether oxygens (including phenoxy) is 1. The zero-order chi connectivity index (χ0) is 22.8. The Morgan fingerprint density at radius 2 is 1.94 bits per heavy atom. The molecule has 1 aromatic carbocycles. The molecule has 1 unspecified atom stereocenters. The number of benzene rings is 1. The van der Waals surface area contributed by atoms with Crippen molar-refractivity contribution in [3.63, 3.8) is 0 Å². The highest BCUT2D eigenvalue weighted by molar-refractivity contribution is 7.91. The van der Waals surface area contributed by atoms with E-state index >= 15 is 0 Å². The molecular formula is C23H31N3O4S. The quantitative estimate of drug-likeness (QED) is 0.493. The third kappa shape index (κ3) is 5.44. The van der Waals surface area contributed by atoms with E-state index in [1.54, 1.807) is 12.1 Å². The molecule has 1 atom stereocenters. The number of carbonyl (C=O) groups is 1. The zero-order valence-corrected chi connectivity index (χ0v) is 19.2. The average Bonchev–Trinajstić information content (AvgIpc) is 3.22. The van der Waals surface area contributed by atoms with E-state index in [1.165, 1.54) is 12.1 Å². The molecule has 0 radical (unpaired) electrons. The molecule has 1 aliphatic rings. The van der Waals surface area contributed by atoms with Crippen molar-refractivity contribution in [2.45, 2.75) is 43.6 Å². The van der Waals surface area contributed by atoms with Crippen LogP contribution in [0.3, 0.4) is 0 Å². The van der Waals surface area contributed by atoms with Crippen LogP contribution in [0.2, 0.25) is 0 Å². The van der Waals surface area contributed by atoms with Crippen molar-refractivity contribution in [1.29, 1.82) is 0 Å². The Labute approximate surface area is 186 Å². The normalized spacial score (nSPS) is 16.1. The van der Waals surface area contributed by atoms with Crippen molar-refractivity contribution in [2.24, 2.45) is 17.1 Å². The van der Waals surface area contributed by atoms with Gasteiger partial charge in [-0.2, -0.15) is 0 Å². The molecule has 0 aliphatic carbocycles. The van der Waals surface area contributed by atoms with Gasteiger partial charge >= 0.3 is 5.09 Å². The maximum absolute atomic E-state index is 12.9. The number of rotatable bonds is 7. The van der Waals surface area contributed by atoms with E-state index in [0.29, 0.717) is 16.5 Å². The number of furan rings is 1. The first kappa shape index (κ1) is 23.2. The third-order valence-corrected chi connectivity index (χ3v) is 6.75. The molecule has 1 saturated heterocycles. The molecular weight excluding hydrogens is 414 g/mol. The monoisotopic (exact) mass is 445 g/mol. The van der Waals surface area contributed by atoms with E-state index in [0.717, 1.165) is 44.0 Å². The minimum atomic E-state index is -1.62. The second-order valence-corrected chi connectivity index (χ2v) is 10.2. The number of carbonyl (C=O) groups excluding carboxylic acids is 1. The van der Waals surface area contributed by atoms with Crippen molar-refractivity contribution in [3.8, 4) is 0 Å².